The number of aryl methyl sites for hydroxylation is 1. The van der Waals surface area contributed by atoms with Gasteiger partial charge in [-0.3, -0.25) is 9.69 Å². The van der Waals surface area contributed by atoms with Gasteiger partial charge in [0.25, 0.3) is 5.56 Å². The molecule has 1 atom stereocenters. The third-order valence-electron chi connectivity index (χ3n) is 6.93. The minimum atomic E-state index is -0.820. The molecule has 13 heteroatoms. The van der Waals surface area contributed by atoms with Gasteiger partial charge in [-0.1, -0.05) is 23.7 Å². The van der Waals surface area contributed by atoms with E-state index in [1.54, 1.807) is 47.9 Å². The van der Waals surface area contributed by atoms with Crippen molar-refractivity contribution in [1.82, 2.24) is 34.8 Å². The third kappa shape index (κ3) is 5.56. The number of nitrogens with zero attached hydrogens (tertiary/aromatic N) is 6. The molecule has 0 unspecified atom stereocenters. The number of pyridine rings is 1. The Morgan fingerprint density at radius 3 is 2.80 bits per heavy atom. The summed E-state index contributed by atoms with van der Waals surface area (Å²) < 4.78 is 0. The molecule has 0 saturated carbocycles. The van der Waals surface area contributed by atoms with Gasteiger partial charge in [-0.05, 0) is 30.7 Å². The van der Waals surface area contributed by atoms with Gasteiger partial charge in [0.05, 0.1) is 24.0 Å². The summed E-state index contributed by atoms with van der Waals surface area (Å²) in [5.74, 6) is 1.00. The maximum absolute atomic E-state index is 12.9. The number of nitrogens with one attached hydrogen (secondary N) is 3. The first kappa shape index (κ1) is 26.4. The van der Waals surface area contributed by atoms with E-state index < -0.39 is 6.10 Å². The van der Waals surface area contributed by atoms with Gasteiger partial charge in [0.1, 0.15) is 21.9 Å². The second kappa shape index (κ2) is 11.3. The minimum absolute atomic E-state index is 0.175. The summed E-state index contributed by atoms with van der Waals surface area (Å²) >= 11 is 7.74. The van der Waals surface area contributed by atoms with Crippen LogP contribution in [0.15, 0.2) is 52.9 Å². The summed E-state index contributed by atoms with van der Waals surface area (Å²) in [5.41, 5.74) is 3.15. The Hall–Kier alpha value is -3.84. The molecular formula is C27H28ClN9O2S. The molecule has 5 heterocycles. The van der Waals surface area contributed by atoms with Crippen LogP contribution in [0.25, 0.3) is 22.6 Å². The van der Waals surface area contributed by atoms with Crippen molar-refractivity contribution in [3.8, 4) is 11.4 Å². The van der Waals surface area contributed by atoms with Crippen LogP contribution >= 0.6 is 22.9 Å². The van der Waals surface area contributed by atoms with E-state index in [1.165, 1.54) is 0 Å². The first-order valence-electron chi connectivity index (χ1n) is 12.9. The fourth-order valence-corrected chi connectivity index (χ4v) is 5.67. The molecule has 6 rings (SSSR count). The molecule has 0 radical (unpaired) electrons. The molecule has 1 aliphatic rings. The largest absolute Gasteiger partial charge is 0.387 e. The number of aliphatic hydroxyl groups is 1. The van der Waals surface area contributed by atoms with E-state index in [0.717, 1.165) is 43.4 Å². The van der Waals surface area contributed by atoms with Crippen LogP contribution in [-0.4, -0.2) is 72.6 Å². The average Bonchev–Trinajstić information content (AvgIpc) is 3.62. The number of hydrogen-bond acceptors (Lipinski definition) is 10. The Balaban J connectivity index is 1.21. The van der Waals surface area contributed by atoms with Crippen molar-refractivity contribution in [1.29, 1.82) is 0 Å². The fraction of sp³-hybridized carbons (Fsp3) is 0.296. The Bertz CT molecular complexity index is 1680. The number of aliphatic hydroxyl groups excluding tert-OH is 1. The number of thiazole rings is 1. The summed E-state index contributed by atoms with van der Waals surface area (Å²) in [6.07, 6.45) is 2.58. The minimum Gasteiger partial charge on any atom is -0.387 e. The summed E-state index contributed by atoms with van der Waals surface area (Å²) in [6, 6.07) is 8.79. The maximum atomic E-state index is 12.9. The number of imidazole rings is 1. The highest BCUT2D eigenvalue weighted by molar-refractivity contribution is 7.09. The molecule has 0 bridgehead atoms. The zero-order valence-electron chi connectivity index (χ0n) is 21.8. The van der Waals surface area contributed by atoms with Gasteiger partial charge in [0.15, 0.2) is 5.65 Å². The Labute approximate surface area is 238 Å². The second-order valence-electron chi connectivity index (χ2n) is 9.63. The molecule has 5 aromatic rings. The predicted octanol–water partition coefficient (Wildman–Crippen LogP) is 3.59. The Morgan fingerprint density at radius 1 is 1.18 bits per heavy atom. The zero-order valence-corrected chi connectivity index (χ0v) is 23.3. The van der Waals surface area contributed by atoms with Crippen LogP contribution in [0, 0.1) is 6.92 Å². The van der Waals surface area contributed by atoms with E-state index in [0.29, 0.717) is 44.8 Å². The normalized spacial score (nSPS) is 15.0. The van der Waals surface area contributed by atoms with Crippen LogP contribution in [0.4, 0.5) is 11.6 Å². The van der Waals surface area contributed by atoms with E-state index in [9.17, 15) is 9.90 Å². The molecule has 0 aliphatic carbocycles. The topological polar surface area (TPSA) is 139 Å². The van der Waals surface area contributed by atoms with E-state index >= 15 is 0 Å². The number of piperazine rings is 1. The van der Waals surface area contributed by atoms with Crippen LogP contribution in [0.5, 0.6) is 0 Å². The van der Waals surface area contributed by atoms with Gasteiger partial charge in [-0.2, -0.15) is 4.98 Å². The van der Waals surface area contributed by atoms with Crippen LogP contribution in [0.1, 0.15) is 22.4 Å². The Kier molecular flexibility index (Phi) is 7.48. The quantitative estimate of drug-likeness (QED) is 0.218. The molecule has 0 amide bonds. The highest BCUT2D eigenvalue weighted by atomic mass is 35.5. The van der Waals surface area contributed by atoms with Gasteiger partial charge in [0.2, 0.25) is 5.95 Å². The number of benzene rings is 1. The number of aromatic amines is 2. The highest BCUT2D eigenvalue weighted by Gasteiger charge is 2.23. The summed E-state index contributed by atoms with van der Waals surface area (Å²) in [4.78, 5) is 42.0. The van der Waals surface area contributed by atoms with Gasteiger partial charge in [0, 0.05) is 55.5 Å². The van der Waals surface area contributed by atoms with Crippen molar-refractivity contribution in [3.63, 3.8) is 0 Å². The molecule has 40 heavy (non-hydrogen) atoms. The van der Waals surface area contributed by atoms with E-state index in [-0.39, 0.29) is 12.1 Å². The third-order valence-corrected chi connectivity index (χ3v) is 7.93. The van der Waals surface area contributed by atoms with E-state index in [1.807, 2.05) is 18.5 Å². The molecule has 4 aromatic heterocycles. The van der Waals surface area contributed by atoms with Crippen LogP contribution in [-0.2, 0) is 6.54 Å². The number of rotatable bonds is 8. The number of halogens is 1. The number of anilines is 2. The van der Waals surface area contributed by atoms with Crippen molar-refractivity contribution in [2.24, 2.45) is 0 Å². The van der Waals surface area contributed by atoms with Crippen LogP contribution in [0.2, 0.25) is 5.02 Å². The fourth-order valence-electron chi connectivity index (χ4n) is 4.81. The molecule has 4 N–H and O–H groups in total. The highest BCUT2D eigenvalue weighted by Crippen LogP contribution is 2.27. The molecule has 1 fully saturated rings. The molecule has 11 nitrogen and oxygen atoms in total. The standard InChI is InChI=1S/C27H28ClN9O2S/c1-16-23-25(35-27(32-16)37-10-8-36(9-11-37)15-21-29-7-12-40-21)34-24(33-23)22-19(5-6-30-26(22)39)31-14-20(38)17-3-2-4-18(28)13-17/h2-7,12-13,20,38H,8-11,14-15H2,1H3,(H2,30,31,39)(H,32,33,34,35)/t20-/m1/s1. The summed E-state index contributed by atoms with van der Waals surface area (Å²) in [6.45, 7) is 6.32. The first-order valence-corrected chi connectivity index (χ1v) is 14.2. The smallest absolute Gasteiger partial charge is 0.261 e. The zero-order chi connectivity index (χ0) is 27.6. The van der Waals surface area contributed by atoms with Crippen molar-refractivity contribution >= 4 is 45.7 Å². The van der Waals surface area contributed by atoms with Gasteiger partial charge in [-0.15, -0.1) is 11.3 Å². The summed E-state index contributed by atoms with van der Waals surface area (Å²) in [5, 5.41) is 17.5. The van der Waals surface area contributed by atoms with Crippen molar-refractivity contribution in [2.75, 3.05) is 42.9 Å². The molecule has 206 valence electrons. The number of H-pyrrole nitrogens is 2. The Morgan fingerprint density at radius 2 is 2.02 bits per heavy atom. The van der Waals surface area contributed by atoms with Gasteiger partial charge in [-0.25, -0.2) is 15.0 Å². The van der Waals surface area contributed by atoms with Gasteiger partial charge >= 0.3 is 0 Å². The molecule has 0 spiro atoms. The molecule has 1 aromatic carbocycles. The maximum Gasteiger partial charge on any atom is 0.261 e. The predicted molar refractivity (Wildman–Crippen MR) is 157 cm³/mol. The molecule has 1 aliphatic heterocycles. The lowest BCUT2D eigenvalue weighted by Gasteiger charge is -2.34. The number of aromatic nitrogens is 6. The summed E-state index contributed by atoms with van der Waals surface area (Å²) in [7, 11) is 0. The first-order chi connectivity index (χ1) is 19.4. The van der Waals surface area contributed by atoms with E-state index in [2.05, 4.69) is 30.1 Å². The van der Waals surface area contributed by atoms with Gasteiger partial charge < -0.3 is 25.3 Å². The lowest BCUT2D eigenvalue weighted by Crippen LogP contribution is -2.46. The monoisotopic (exact) mass is 577 g/mol. The van der Waals surface area contributed by atoms with Crippen molar-refractivity contribution in [3.05, 3.63) is 79.7 Å². The van der Waals surface area contributed by atoms with Crippen molar-refractivity contribution in [2.45, 2.75) is 19.6 Å². The molecular weight excluding hydrogens is 550 g/mol. The van der Waals surface area contributed by atoms with E-state index in [4.69, 9.17) is 26.6 Å². The second-order valence-corrected chi connectivity index (χ2v) is 11.0. The molecule has 1 saturated heterocycles. The van der Waals surface area contributed by atoms with Crippen molar-refractivity contribution < 1.29 is 5.11 Å². The lowest BCUT2D eigenvalue weighted by atomic mass is 10.1. The SMILES string of the molecule is Cc1nc(N2CCN(Cc3nccs3)CC2)nc2nc(-c3c(NC[C@@H](O)c4cccc(Cl)c4)cc[nH]c3=O)[nH]c12. The lowest BCUT2D eigenvalue weighted by molar-refractivity contribution is 0.191. The van der Waals surface area contributed by atoms with Crippen LogP contribution in [0.3, 0.4) is 0 Å². The number of fused-ring (bicyclic) bond motifs is 1. The van der Waals surface area contributed by atoms with Crippen LogP contribution < -0.4 is 15.8 Å². The average molecular weight is 578 g/mol. The number of hydrogen-bond donors (Lipinski definition) is 4.